The largest absolute Gasteiger partial charge is 0.352 e. The van der Waals surface area contributed by atoms with Gasteiger partial charge in [-0.15, -0.1) is 11.8 Å². The van der Waals surface area contributed by atoms with Crippen molar-refractivity contribution in [1.82, 2.24) is 10.2 Å². The lowest BCUT2D eigenvalue weighted by Crippen LogP contribution is -2.53. The van der Waals surface area contributed by atoms with Crippen molar-refractivity contribution in [3.63, 3.8) is 0 Å². The lowest BCUT2D eigenvalue weighted by atomic mass is 9.94. The lowest BCUT2D eigenvalue weighted by Gasteiger charge is -2.34. The van der Waals surface area contributed by atoms with Gasteiger partial charge in [-0.2, -0.15) is 0 Å². The van der Waals surface area contributed by atoms with Gasteiger partial charge in [0.15, 0.2) is 0 Å². The van der Waals surface area contributed by atoms with Gasteiger partial charge in [0.1, 0.15) is 6.04 Å². The number of carbonyl (C=O) groups excluding carboxylic acids is 2. The molecule has 1 saturated carbocycles. The number of aryl methyl sites for hydroxylation is 2. The molecule has 1 fully saturated rings. The van der Waals surface area contributed by atoms with Crippen molar-refractivity contribution in [2.45, 2.75) is 76.8 Å². The molecule has 38 heavy (non-hydrogen) atoms. The minimum atomic E-state index is -0.564. The Kier molecular flexibility index (Phi) is 10.5. The fourth-order valence-corrected chi connectivity index (χ4v) is 6.07. The smallest absolute Gasteiger partial charge is 0.243 e. The number of benzene rings is 3. The summed E-state index contributed by atoms with van der Waals surface area (Å²) in [6.45, 7) is 4.58. The molecular weight excluding hydrogens is 488 g/mol. The first-order chi connectivity index (χ1) is 18.5. The number of nitrogens with one attached hydrogen (secondary N) is 1. The topological polar surface area (TPSA) is 49.4 Å². The van der Waals surface area contributed by atoms with E-state index in [2.05, 4.69) is 55.6 Å². The van der Waals surface area contributed by atoms with Crippen LogP contribution in [-0.2, 0) is 28.3 Å². The second-order valence-electron chi connectivity index (χ2n) is 10.5. The SMILES string of the molecule is Cc1cccc(CSCC(=O)N(Cc2ccccc2C)C(Cc2ccccc2)C(=O)NC2CCCCC2)c1. The molecule has 3 aromatic carbocycles. The molecule has 0 aliphatic heterocycles. The molecule has 4 rings (SSSR count). The molecule has 0 saturated heterocycles. The van der Waals surface area contributed by atoms with E-state index in [4.69, 9.17) is 0 Å². The van der Waals surface area contributed by atoms with Gasteiger partial charge in [0, 0.05) is 24.8 Å². The maximum absolute atomic E-state index is 13.9. The van der Waals surface area contributed by atoms with E-state index in [-0.39, 0.29) is 17.9 Å². The summed E-state index contributed by atoms with van der Waals surface area (Å²) in [7, 11) is 0. The van der Waals surface area contributed by atoms with E-state index in [1.807, 2.05) is 47.4 Å². The van der Waals surface area contributed by atoms with Crippen LogP contribution >= 0.6 is 11.8 Å². The molecule has 1 N–H and O–H groups in total. The van der Waals surface area contributed by atoms with Crippen molar-refractivity contribution in [1.29, 1.82) is 0 Å². The number of hydrogen-bond acceptors (Lipinski definition) is 3. The lowest BCUT2D eigenvalue weighted by molar-refractivity contribution is -0.139. The van der Waals surface area contributed by atoms with Crippen molar-refractivity contribution < 1.29 is 9.59 Å². The quantitative estimate of drug-likeness (QED) is 0.304. The Morgan fingerprint density at radius 1 is 0.895 bits per heavy atom. The first-order valence-corrected chi connectivity index (χ1v) is 15.0. The Morgan fingerprint density at radius 3 is 2.34 bits per heavy atom. The predicted molar refractivity (Wildman–Crippen MR) is 158 cm³/mol. The second kappa shape index (κ2) is 14.2. The maximum atomic E-state index is 13.9. The Hall–Kier alpha value is -3.05. The van der Waals surface area contributed by atoms with Crippen LogP contribution in [0, 0.1) is 13.8 Å². The van der Waals surface area contributed by atoms with Gasteiger partial charge < -0.3 is 10.2 Å². The summed E-state index contributed by atoms with van der Waals surface area (Å²) in [6.07, 6.45) is 6.06. The fourth-order valence-electron chi connectivity index (χ4n) is 5.21. The molecule has 0 aromatic heterocycles. The molecule has 1 atom stereocenters. The van der Waals surface area contributed by atoms with Crippen LogP contribution in [-0.4, -0.2) is 34.6 Å². The van der Waals surface area contributed by atoms with E-state index in [0.29, 0.717) is 18.7 Å². The van der Waals surface area contributed by atoms with Crippen LogP contribution < -0.4 is 5.32 Å². The normalized spacial score (nSPS) is 14.6. The third-order valence-corrected chi connectivity index (χ3v) is 8.39. The molecule has 4 nitrogen and oxygen atoms in total. The molecule has 5 heteroatoms. The Balaban J connectivity index is 1.57. The predicted octanol–water partition coefficient (Wildman–Crippen LogP) is 6.63. The number of hydrogen-bond donors (Lipinski definition) is 1. The van der Waals surface area contributed by atoms with Crippen LogP contribution in [0.5, 0.6) is 0 Å². The standard InChI is InChI=1S/C33H40N2O2S/c1-25-12-11-16-28(20-25)23-38-24-32(36)35(22-29-17-10-9-13-26(29)2)31(21-27-14-5-3-6-15-27)33(37)34-30-18-7-4-8-19-30/h3,5-6,9-17,20,30-31H,4,7-8,18-19,21-24H2,1-2H3,(H,34,37). The molecule has 1 aliphatic carbocycles. The Bertz CT molecular complexity index is 1190. The highest BCUT2D eigenvalue weighted by molar-refractivity contribution is 7.99. The average molecular weight is 529 g/mol. The molecule has 0 heterocycles. The summed E-state index contributed by atoms with van der Waals surface area (Å²) in [5.74, 6) is 1.07. The Morgan fingerprint density at radius 2 is 1.61 bits per heavy atom. The number of carbonyl (C=O) groups is 2. The monoisotopic (exact) mass is 528 g/mol. The summed E-state index contributed by atoms with van der Waals surface area (Å²) in [5, 5.41) is 3.32. The molecule has 200 valence electrons. The van der Waals surface area contributed by atoms with Crippen molar-refractivity contribution in [2.75, 3.05) is 5.75 Å². The van der Waals surface area contributed by atoms with Crippen molar-refractivity contribution in [3.05, 3.63) is 107 Å². The van der Waals surface area contributed by atoms with Crippen molar-refractivity contribution in [3.8, 4) is 0 Å². The highest BCUT2D eigenvalue weighted by Crippen LogP contribution is 2.22. The second-order valence-corrected chi connectivity index (χ2v) is 11.5. The van der Waals surface area contributed by atoms with Crippen molar-refractivity contribution >= 4 is 23.6 Å². The molecule has 1 aliphatic rings. The first-order valence-electron chi connectivity index (χ1n) is 13.8. The number of nitrogens with zero attached hydrogens (tertiary/aromatic N) is 1. The first kappa shape index (κ1) is 28.0. The summed E-state index contributed by atoms with van der Waals surface area (Å²) >= 11 is 1.61. The fraction of sp³-hybridized carbons (Fsp3) is 0.394. The zero-order chi connectivity index (χ0) is 26.7. The summed E-state index contributed by atoms with van der Waals surface area (Å²) in [6, 6.07) is 26.3. The van der Waals surface area contributed by atoms with Gasteiger partial charge >= 0.3 is 0 Å². The van der Waals surface area contributed by atoms with Gasteiger partial charge in [-0.05, 0) is 48.9 Å². The van der Waals surface area contributed by atoms with Gasteiger partial charge in [0.2, 0.25) is 11.8 Å². The third-order valence-electron chi connectivity index (χ3n) is 7.40. The van der Waals surface area contributed by atoms with Crippen LogP contribution in [0.15, 0.2) is 78.9 Å². The van der Waals surface area contributed by atoms with E-state index in [0.717, 1.165) is 48.1 Å². The van der Waals surface area contributed by atoms with Gasteiger partial charge in [-0.1, -0.05) is 104 Å². The zero-order valence-electron chi connectivity index (χ0n) is 22.7. The summed E-state index contributed by atoms with van der Waals surface area (Å²) in [4.78, 5) is 29.6. The molecule has 0 spiro atoms. The van der Waals surface area contributed by atoms with Crippen LogP contribution in [0.3, 0.4) is 0 Å². The number of rotatable bonds is 11. The number of amides is 2. The third kappa shape index (κ3) is 8.22. The molecular formula is C33H40N2O2S. The van der Waals surface area contributed by atoms with Crippen LogP contribution in [0.1, 0.15) is 59.9 Å². The van der Waals surface area contributed by atoms with Crippen LogP contribution in [0.25, 0.3) is 0 Å². The summed E-state index contributed by atoms with van der Waals surface area (Å²) in [5.41, 5.74) is 5.70. The number of thioether (sulfide) groups is 1. The highest BCUT2D eigenvalue weighted by Gasteiger charge is 2.32. The summed E-state index contributed by atoms with van der Waals surface area (Å²) < 4.78 is 0. The minimum Gasteiger partial charge on any atom is -0.352 e. The minimum absolute atomic E-state index is 0.00521. The van der Waals surface area contributed by atoms with Crippen molar-refractivity contribution in [2.24, 2.45) is 0 Å². The highest BCUT2D eigenvalue weighted by atomic mass is 32.2. The molecule has 3 aromatic rings. The van der Waals surface area contributed by atoms with Gasteiger partial charge in [0.25, 0.3) is 0 Å². The van der Waals surface area contributed by atoms with E-state index in [1.165, 1.54) is 17.5 Å². The molecule has 0 bridgehead atoms. The van der Waals surface area contributed by atoms with Crippen LogP contribution in [0.2, 0.25) is 0 Å². The van der Waals surface area contributed by atoms with Crippen LogP contribution in [0.4, 0.5) is 0 Å². The van der Waals surface area contributed by atoms with E-state index >= 15 is 0 Å². The van der Waals surface area contributed by atoms with Gasteiger partial charge in [-0.25, -0.2) is 0 Å². The van der Waals surface area contributed by atoms with Gasteiger partial charge in [0.05, 0.1) is 5.75 Å². The molecule has 2 amide bonds. The Labute approximate surface area is 232 Å². The van der Waals surface area contributed by atoms with E-state index in [1.54, 1.807) is 11.8 Å². The zero-order valence-corrected chi connectivity index (χ0v) is 23.5. The van der Waals surface area contributed by atoms with E-state index < -0.39 is 6.04 Å². The maximum Gasteiger partial charge on any atom is 0.243 e. The molecule has 0 radical (unpaired) electrons. The molecule has 1 unspecified atom stereocenters. The average Bonchev–Trinajstić information content (AvgIpc) is 2.92. The van der Waals surface area contributed by atoms with Gasteiger partial charge in [-0.3, -0.25) is 9.59 Å². The van der Waals surface area contributed by atoms with E-state index in [9.17, 15) is 9.59 Å².